The van der Waals surface area contributed by atoms with Crippen molar-refractivity contribution in [2.75, 3.05) is 0 Å². The molecule has 58 valence electrons. The summed E-state index contributed by atoms with van der Waals surface area (Å²) in [5.74, 6) is 0. The molecule has 0 aromatic heterocycles. The molecular weight excluding hydrogens is 176 g/mol. The standard InChI is InChI=1S/C9H11N.2Al/c1-2-10-8-9-6-4-3-5-7-9;;/h2-4,6-7,10H,8H2,1H3;;. The van der Waals surface area contributed by atoms with Gasteiger partial charge in [-0.05, 0) is 5.56 Å². The third kappa shape index (κ3) is 3.77. The van der Waals surface area contributed by atoms with E-state index in [4.69, 9.17) is 0 Å². The fourth-order valence-electron chi connectivity index (χ4n) is 0.982. The zero-order chi connectivity index (χ0) is 8.97. The smallest absolute Gasteiger partial charge is 0.175 e. The first-order valence-corrected chi connectivity index (χ1v) is 5.26. The highest BCUT2D eigenvalue weighted by atomic mass is 27.1. The molecule has 1 N–H and O–H groups in total. The molecule has 1 rings (SSSR count). The van der Waals surface area contributed by atoms with Crippen molar-refractivity contribution in [3.8, 4) is 0 Å². The van der Waals surface area contributed by atoms with Gasteiger partial charge in [-0.2, -0.15) is 0 Å². The number of hydrogen-bond acceptors (Lipinski definition) is 1. The van der Waals surface area contributed by atoms with Crippen LogP contribution < -0.4 is 9.74 Å². The molecule has 0 aliphatic carbocycles. The number of hydrogen-bond donors (Lipinski definition) is 1. The van der Waals surface area contributed by atoms with Gasteiger partial charge in [0.15, 0.2) is 16.3 Å². The largest absolute Gasteiger partial charge is 0.326 e. The quantitative estimate of drug-likeness (QED) is 0.661. The summed E-state index contributed by atoms with van der Waals surface area (Å²) in [5.41, 5.74) is 1.33. The summed E-state index contributed by atoms with van der Waals surface area (Å²) in [4.78, 5) is 0.471. The van der Waals surface area contributed by atoms with Gasteiger partial charge in [-0.15, -0.1) is 4.43 Å². The minimum atomic E-state index is 0.471. The topological polar surface area (TPSA) is 12.0 Å². The molecule has 1 nitrogen and oxygen atoms in total. The van der Waals surface area contributed by atoms with Gasteiger partial charge >= 0.3 is 0 Å². The molecule has 1 aromatic rings. The lowest BCUT2D eigenvalue weighted by Gasteiger charge is -2.09. The zero-order valence-corrected chi connectivity index (χ0v) is 9.56. The molecule has 3 heteroatoms. The van der Waals surface area contributed by atoms with Gasteiger partial charge in [0, 0.05) is 6.54 Å². The van der Waals surface area contributed by atoms with Crippen molar-refractivity contribution in [3.05, 3.63) is 29.8 Å². The summed E-state index contributed by atoms with van der Waals surface area (Å²) in [5, 5.41) is 3.34. The summed E-state index contributed by atoms with van der Waals surface area (Å²) >= 11 is 5.43. The lowest BCUT2D eigenvalue weighted by atomic mass is 10.2. The zero-order valence-electron chi connectivity index (χ0n) is 7.25. The van der Waals surface area contributed by atoms with Crippen LogP contribution in [-0.4, -0.2) is 37.5 Å². The Morgan fingerprint density at radius 3 is 2.83 bits per heavy atom. The molecule has 0 saturated heterocycles. The highest BCUT2D eigenvalue weighted by Gasteiger charge is 1.93. The normalized spacial score (nSPS) is 12.8. The predicted molar refractivity (Wildman–Crippen MR) is 53.9 cm³/mol. The van der Waals surface area contributed by atoms with Crippen LogP contribution in [0.25, 0.3) is 0 Å². The van der Waals surface area contributed by atoms with Crippen LogP contribution in [-0.2, 0) is 6.54 Å². The van der Waals surface area contributed by atoms with Crippen LogP contribution in [0.4, 0.5) is 0 Å². The Labute approximate surface area is 90.4 Å². The Hall–Kier alpha value is 0.245. The Bertz CT molecular complexity index is 248. The second-order valence-corrected chi connectivity index (χ2v) is 4.58. The molecule has 0 amide bonds. The van der Waals surface area contributed by atoms with Crippen LogP contribution in [0.2, 0.25) is 0 Å². The van der Waals surface area contributed by atoms with E-state index in [1.165, 1.54) is 9.99 Å². The van der Waals surface area contributed by atoms with E-state index in [-0.39, 0.29) is 0 Å². The Kier molecular flexibility index (Phi) is 4.37. The third-order valence-electron chi connectivity index (χ3n) is 1.58. The Morgan fingerprint density at radius 2 is 2.25 bits per heavy atom. The molecule has 1 aromatic carbocycles. The summed E-state index contributed by atoms with van der Waals surface area (Å²) in [6.45, 7) is 3.06. The first kappa shape index (κ1) is 10.3. The van der Waals surface area contributed by atoms with Crippen molar-refractivity contribution in [1.29, 1.82) is 0 Å². The molecule has 0 fully saturated rings. The number of nitrogens with one attached hydrogen (secondary N) is 1. The second kappa shape index (κ2) is 5.08. The molecule has 0 aliphatic heterocycles. The van der Waals surface area contributed by atoms with Crippen LogP contribution in [0.1, 0.15) is 12.5 Å². The molecule has 1 unspecified atom stereocenters. The predicted octanol–water partition coefficient (Wildman–Crippen LogP) is 0.0845. The molecule has 0 aliphatic rings. The Balaban J connectivity index is 2.52. The average molecular weight is 187 g/mol. The van der Waals surface area contributed by atoms with Gasteiger partial charge in [-0.1, -0.05) is 36.1 Å². The summed E-state index contributed by atoms with van der Waals surface area (Å²) in [7, 11) is 0. The van der Waals surface area contributed by atoms with Crippen LogP contribution in [0.15, 0.2) is 24.3 Å². The molecule has 0 heterocycles. The molecule has 0 spiro atoms. The third-order valence-corrected chi connectivity index (χ3v) is 2.17. The Morgan fingerprint density at radius 1 is 1.50 bits per heavy atom. The minimum absolute atomic E-state index is 0.471. The number of benzene rings is 1. The van der Waals surface area contributed by atoms with Crippen LogP contribution >= 0.6 is 0 Å². The maximum absolute atomic E-state index is 3.34. The van der Waals surface area contributed by atoms with E-state index in [2.05, 4.69) is 69.1 Å². The minimum Gasteiger partial charge on any atom is -0.326 e. The maximum atomic E-state index is 3.34. The van der Waals surface area contributed by atoms with Crippen molar-refractivity contribution in [1.82, 2.24) is 5.32 Å². The summed E-state index contributed by atoms with van der Waals surface area (Å²) in [6.07, 6.45) is 0. The van der Waals surface area contributed by atoms with Gasteiger partial charge in [0.2, 0.25) is 0 Å². The van der Waals surface area contributed by atoms with Gasteiger partial charge in [0.05, 0.1) is 0 Å². The van der Waals surface area contributed by atoms with Gasteiger partial charge in [0.1, 0.15) is 16.3 Å². The summed E-state index contributed by atoms with van der Waals surface area (Å²) < 4.78 is 1.24. The van der Waals surface area contributed by atoms with Crippen molar-refractivity contribution < 1.29 is 0 Å². The SMILES string of the molecule is C[CH]([Al])NCc1ccc[c]([Al])c1. The van der Waals surface area contributed by atoms with Gasteiger partial charge in [-0.25, -0.2) is 0 Å². The van der Waals surface area contributed by atoms with Crippen LogP contribution in [0.3, 0.4) is 0 Å². The molecular formula is C9H11Al2N. The van der Waals surface area contributed by atoms with Crippen molar-refractivity contribution in [2.45, 2.75) is 18.4 Å². The molecule has 12 heavy (non-hydrogen) atoms. The monoisotopic (exact) mass is 187 g/mol. The highest BCUT2D eigenvalue weighted by Crippen LogP contribution is 1.95. The van der Waals surface area contributed by atoms with Gasteiger partial charge in [-0.3, -0.25) is 0 Å². The first-order chi connectivity index (χ1) is 5.68. The lowest BCUT2D eigenvalue weighted by molar-refractivity contribution is 0.679. The van der Waals surface area contributed by atoms with Crippen molar-refractivity contribution in [2.24, 2.45) is 0 Å². The molecule has 4 radical (unpaired) electrons. The van der Waals surface area contributed by atoms with E-state index in [1.54, 1.807) is 0 Å². The second-order valence-electron chi connectivity index (χ2n) is 2.91. The average Bonchev–Trinajstić information content (AvgIpc) is 2.01. The van der Waals surface area contributed by atoms with Crippen LogP contribution in [0.5, 0.6) is 0 Å². The van der Waals surface area contributed by atoms with E-state index in [0.717, 1.165) is 6.54 Å². The molecule has 0 saturated carbocycles. The summed E-state index contributed by atoms with van der Waals surface area (Å²) in [6, 6.07) is 8.46. The van der Waals surface area contributed by atoms with E-state index in [1.807, 2.05) is 0 Å². The fourth-order valence-corrected chi connectivity index (χ4v) is 1.42. The van der Waals surface area contributed by atoms with E-state index in [9.17, 15) is 0 Å². The van der Waals surface area contributed by atoms with Gasteiger partial charge < -0.3 is 5.32 Å². The van der Waals surface area contributed by atoms with Crippen LogP contribution in [0, 0.1) is 0 Å². The first-order valence-electron chi connectivity index (χ1n) is 4.02. The van der Waals surface area contributed by atoms with Gasteiger partial charge in [0.25, 0.3) is 0 Å². The van der Waals surface area contributed by atoms with E-state index in [0.29, 0.717) is 4.90 Å². The van der Waals surface area contributed by atoms with E-state index < -0.39 is 0 Å². The maximum Gasteiger partial charge on any atom is 0.175 e. The molecule has 1 atom stereocenters. The number of rotatable bonds is 3. The highest BCUT2D eigenvalue weighted by molar-refractivity contribution is 6.32. The van der Waals surface area contributed by atoms with E-state index >= 15 is 0 Å². The molecule has 0 bridgehead atoms. The fraction of sp³-hybridized carbons (Fsp3) is 0.333. The van der Waals surface area contributed by atoms with Crippen molar-refractivity contribution >= 4 is 37.0 Å². The lowest BCUT2D eigenvalue weighted by Crippen LogP contribution is -2.25. The van der Waals surface area contributed by atoms with Crippen molar-refractivity contribution in [3.63, 3.8) is 0 Å².